The Morgan fingerprint density at radius 2 is 1.92 bits per heavy atom. The maximum Gasteiger partial charge on any atom is 0.213 e. The highest BCUT2D eigenvalue weighted by atomic mass is 32.2. The Balaban J connectivity index is 1.59. The normalized spacial score (nSPS) is 15.9. The van der Waals surface area contributed by atoms with Gasteiger partial charge in [0.05, 0.1) is 28.7 Å². The van der Waals surface area contributed by atoms with Crippen LogP contribution < -0.4 is 5.32 Å². The number of aromatic nitrogens is 3. The molecule has 0 saturated carbocycles. The van der Waals surface area contributed by atoms with Gasteiger partial charge in [0, 0.05) is 29.9 Å². The summed E-state index contributed by atoms with van der Waals surface area (Å²) in [6.45, 7) is 2.42. The lowest BCUT2D eigenvalue weighted by Gasteiger charge is -2.31. The number of fused-ring (bicyclic) bond motifs is 3. The number of hydrogen-bond acceptors (Lipinski definition) is 7. The third-order valence-electron chi connectivity index (χ3n) is 6.49. The number of sulfonamides is 1. The monoisotopic (exact) mass is 514 g/mol. The van der Waals surface area contributed by atoms with Crippen LogP contribution in [0.15, 0.2) is 41.6 Å². The molecule has 0 unspecified atom stereocenters. The zero-order valence-electron chi connectivity index (χ0n) is 19.4. The molecule has 1 fully saturated rings. The van der Waals surface area contributed by atoms with Crippen LogP contribution in [0.2, 0.25) is 0 Å². The van der Waals surface area contributed by atoms with E-state index in [1.54, 1.807) is 25.1 Å². The molecule has 2 aromatic carbocycles. The number of hydrogen-bond donors (Lipinski definition) is 3. The van der Waals surface area contributed by atoms with Gasteiger partial charge in [0.1, 0.15) is 17.2 Å². The summed E-state index contributed by atoms with van der Waals surface area (Å²) >= 11 is 0. The van der Waals surface area contributed by atoms with Crippen LogP contribution in [0, 0.1) is 11.6 Å². The molecular formula is C24H24F2N6O3S. The predicted molar refractivity (Wildman–Crippen MR) is 134 cm³/mol. The summed E-state index contributed by atoms with van der Waals surface area (Å²) < 4.78 is 55.5. The fourth-order valence-corrected chi connectivity index (χ4v) is 5.73. The number of piperidine rings is 1. The number of benzene rings is 2. The molecular weight excluding hydrogens is 490 g/mol. The average molecular weight is 515 g/mol. The second kappa shape index (κ2) is 9.43. The lowest BCUT2D eigenvalue weighted by atomic mass is 10.00. The zero-order chi connectivity index (χ0) is 25.4. The Kier molecular flexibility index (Phi) is 6.31. The SMILES string of the molecule is CCS(=O)(=O)N1CCC(Nc2n[nH]c3c2nc(-c2c(F)cccc2F)c2cc(/C=N/O)ccc23)CC1. The first-order valence-electron chi connectivity index (χ1n) is 11.5. The molecule has 188 valence electrons. The van der Waals surface area contributed by atoms with E-state index in [0.717, 1.165) is 0 Å². The summed E-state index contributed by atoms with van der Waals surface area (Å²) in [5.74, 6) is -1.03. The quantitative estimate of drug-likeness (QED) is 0.202. The minimum Gasteiger partial charge on any atom is -0.411 e. The van der Waals surface area contributed by atoms with Gasteiger partial charge < -0.3 is 10.5 Å². The summed E-state index contributed by atoms with van der Waals surface area (Å²) in [7, 11) is -3.24. The maximum absolute atomic E-state index is 14.8. The van der Waals surface area contributed by atoms with Crippen molar-refractivity contribution in [1.82, 2.24) is 19.5 Å². The van der Waals surface area contributed by atoms with E-state index in [1.165, 1.54) is 28.7 Å². The molecule has 36 heavy (non-hydrogen) atoms. The van der Waals surface area contributed by atoms with Gasteiger partial charge in [-0.25, -0.2) is 26.5 Å². The van der Waals surface area contributed by atoms with E-state index in [0.29, 0.717) is 59.1 Å². The Morgan fingerprint density at radius 1 is 1.19 bits per heavy atom. The molecule has 2 aromatic heterocycles. The van der Waals surface area contributed by atoms with Crippen molar-refractivity contribution in [2.45, 2.75) is 25.8 Å². The van der Waals surface area contributed by atoms with Crippen molar-refractivity contribution in [1.29, 1.82) is 0 Å². The van der Waals surface area contributed by atoms with Gasteiger partial charge in [0.25, 0.3) is 0 Å². The van der Waals surface area contributed by atoms with Crippen LogP contribution in [-0.4, -0.2) is 64.2 Å². The number of pyridine rings is 1. The van der Waals surface area contributed by atoms with Gasteiger partial charge in [-0.2, -0.15) is 5.10 Å². The molecule has 1 saturated heterocycles. The molecule has 5 rings (SSSR count). The number of nitrogens with one attached hydrogen (secondary N) is 2. The predicted octanol–water partition coefficient (Wildman–Crippen LogP) is 4.09. The minimum atomic E-state index is -3.24. The van der Waals surface area contributed by atoms with E-state index in [-0.39, 0.29) is 23.1 Å². The van der Waals surface area contributed by atoms with Crippen molar-refractivity contribution in [3.05, 3.63) is 53.6 Å². The minimum absolute atomic E-state index is 0.0471. The van der Waals surface area contributed by atoms with E-state index >= 15 is 0 Å². The van der Waals surface area contributed by atoms with Crippen LogP contribution in [0.5, 0.6) is 0 Å². The first kappa shape index (κ1) is 24.1. The number of anilines is 1. The van der Waals surface area contributed by atoms with Gasteiger partial charge in [-0.15, -0.1) is 0 Å². The van der Waals surface area contributed by atoms with Gasteiger partial charge in [-0.1, -0.05) is 23.4 Å². The van der Waals surface area contributed by atoms with E-state index in [9.17, 15) is 17.2 Å². The van der Waals surface area contributed by atoms with Gasteiger partial charge >= 0.3 is 0 Å². The summed E-state index contributed by atoms with van der Waals surface area (Å²) in [5, 5.41) is 23.8. The molecule has 0 radical (unpaired) electrons. The maximum atomic E-state index is 14.8. The Hall–Kier alpha value is -3.64. The topological polar surface area (TPSA) is 124 Å². The van der Waals surface area contributed by atoms with E-state index in [2.05, 4.69) is 25.7 Å². The molecule has 3 N–H and O–H groups in total. The highest BCUT2D eigenvalue weighted by molar-refractivity contribution is 7.89. The molecule has 0 spiro atoms. The lowest BCUT2D eigenvalue weighted by Crippen LogP contribution is -2.43. The van der Waals surface area contributed by atoms with Crippen LogP contribution >= 0.6 is 0 Å². The smallest absolute Gasteiger partial charge is 0.213 e. The number of nitrogens with zero attached hydrogens (tertiary/aromatic N) is 4. The molecule has 12 heteroatoms. The molecule has 0 atom stereocenters. The number of oxime groups is 1. The van der Waals surface area contributed by atoms with Crippen molar-refractivity contribution >= 4 is 43.9 Å². The largest absolute Gasteiger partial charge is 0.411 e. The Labute approximate surface area is 205 Å². The van der Waals surface area contributed by atoms with Crippen LogP contribution in [0.4, 0.5) is 14.6 Å². The average Bonchev–Trinajstić information content (AvgIpc) is 3.27. The standard InChI is InChI=1S/C24H24F2N6O3S/c1-2-36(34,35)32-10-8-15(9-11-32)28-24-23-22(30-31-24)16-7-6-14(13-27-33)12-17(16)21(29-23)20-18(25)4-3-5-19(20)26/h3-7,12-13,15,33H,2,8-11H2,1H3,(H2,28,30,31)/b27-13+. The first-order valence-corrected chi connectivity index (χ1v) is 13.1. The van der Waals surface area contributed by atoms with Gasteiger partial charge in [-0.3, -0.25) is 5.10 Å². The summed E-state index contributed by atoms with van der Waals surface area (Å²) in [4.78, 5) is 4.64. The molecule has 4 aromatic rings. The lowest BCUT2D eigenvalue weighted by molar-refractivity contribution is 0.322. The summed E-state index contributed by atoms with van der Waals surface area (Å²) in [6, 6.07) is 8.67. The first-order chi connectivity index (χ1) is 17.3. The van der Waals surface area contributed by atoms with Crippen molar-refractivity contribution in [3.63, 3.8) is 0 Å². The number of H-pyrrole nitrogens is 1. The molecule has 3 heterocycles. The third-order valence-corrected chi connectivity index (χ3v) is 8.37. The van der Waals surface area contributed by atoms with Crippen molar-refractivity contribution < 1.29 is 22.4 Å². The number of halogens is 2. The van der Waals surface area contributed by atoms with Gasteiger partial charge in [0.15, 0.2) is 5.82 Å². The van der Waals surface area contributed by atoms with Crippen molar-refractivity contribution in [2.75, 3.05) is 24.2 Å². The third kappa shape index (κ3) is 4.26. The van der Waals surface area contributed by atoms with Crippen LogP contribution in [-0.2, 0) is 10.0 Å². The molecule has 0 amide bonds. The molecule has 0 bridgehead atoms. The zero-order valence-corrected chi connectivity index (χ0v) is 20.2. The fourth-order valence-electron chi connectivity index (χ4n) is 4.60. The number of aromatic amines is 1. The second-order valence-corrected chi connectivity index (χ2v) is 10.9. The molecule has 1 aliphatic rings. The van der Waals surface area contributed by atoms with Gasteiger partial charge in [-0.05, 0) is 43.5 Å². The van der Waals surface area contributed by atoms with Crippen molar-refractivity contribution in [3.8, 4) is 11.3 Å². The Morgan fingerprint density at radius 3 is 2.58 bits per heavy atom. The number of rotatable bonds is 6. The Bertz CT molecular complexity index is 1560. The molecule has 0 aliphatic carbocycles. The summed E-state index contributed by atoms with van der Waals surface area (Å²) in [5.41, 5.74) is 1.33. The second-order valence-electron chi connectivity index (χ2n) is 8.62. The van der Waals surface area contributed by atoms with Crippen LogP contribution in [0.3, 0.4) is 0 Å². The van der Waals surface area contributed by atoms with E-state index in [1.807, 2.05) is 0 Å². The van der Waals surface area contributed by atoms with E-state index < -0.39 is 21.7 Å². The van der Waals surface area contributed by atoms with Gasteiger partial charge in [0.2, 0.25) is 10.0 Å². The highest BCUT2D eigenvalue weighted by Gasteiger charge is 2.28. The summed E-state index contributed by atoms with van der Waals surface area (Å²) in [6.07, 6.45) is 2.38. The molecule has 1 aliphatic heterocycles. The molecule has 9 nitrogen and oxygen atoms in total. The van der Waals surface area contributed by atoms with E-state index in [4.69, 9.17) is 5.21 Å². The van der Waals surface area contributed by atoms with Crippen molar-refractivity contribution in [2.24, 2.45) is 5.16 Å². The van der Waals surface area contributed by atoms with Crippen LogP contribution in [0.1, 0.15) is 25.3 Å². The fraction of sp³-hybridized carbons (Fsp3) is 0.292. The van der Waals surface area contributed by atoms with Crippen LogP contribution in [0.25, 0.3) is 33.1 Å². The highest BCUT2D eigenvalue weighted by Crippen LogP contribution is 2.37.